The van der Waals surface area contributed by atoms with Crippen molar-refractivity contribution in [2.75, 3.05) is 0 Å². The van der Waals surface area contributed by atoms with E-state index in [1.54, 1.807) is 11.1 Å². The molecule has 1 aromatic rings. The summed E-state index contributed by atoms with van der Waals surface area (Å²) in [5.41, 5.74) is 4.71. The smallest absolute Gasteiger partial charge is 0.0182 e. The predicted molar refractivity (Wildman–Crippen MR) is 51.5 cm³/mol. The molecule has 1 aromatic heterocycles. The van der Waals surface area contributed by atoms with Crippen LogP contribution in [-0.4, -0.2) is 4.98 Å². The van der Waals surface area contributed by atoms with Crippen molar-refractivity contribution < 1.29 is 0 Å². The van der Waals surface area contributed by atoms with E-state index in [2.05, 4.69) is 25.0 Å². The van der Waals surface area contributed by atoms with Crippen LogP contribution in [0.2, 0.25) is 0 Å². The van der Waals surface area contributed by atoms with Gasteiger partial charge >= 0.3 is 0 Å². The Hall–Kier alpha value is -0.720. The molecule has 0 amide bonds. The van der Waals surface area contributed by atoms with Gasteiger partial charge in [0.2, 0.25) is 0 Å². The Morgan fingerprint density at radius 2 is 2.33 bits per heavy atom. The molecule has 0 spiro atoms. The van der Waals surface area contributed by atoms with Crippen LogP contribution < -0.4 is 0 Å². The fourth-order valence-electron chi connectivity index (χ4n) is 2.13. The lowest BCUT2D eigenvalue weighted by Crippen LogP contribution is -1.92. The second-order valence-corrected chi connectivity index (χ2v) is 3.86. The highest BCUT2D eigenvalue weighted by molar-refractivity contribution is 5.36. The molecule has 1 atom stereocenters. The molecule has 0 fully saturated rings. The van der Waals surface area contributed by atoms with Gasteiger partial charge in [-0.2, -0.15) is 0 Å². The average molecular weight is 163 g/mol. The summed E-state index contributed by atoms with van der Waals surface area (Å²) < 4.78 is 0. The number of hydrogen-bond donors (Lipinski definition) is 1. The molecule has 0 saturated carbocycles. The molecule has 1 nitrogen and oxygen atoms in total. The van der Waals surface area contributed by atoms with E-state index in [-0.39, 0.29) is 0 Å². The molecule has 1 aliphatic rings. The van der Waals surface area contributed by atoms with Gasteiger partial charge in [0.1, 0.15) is 0 Å². The summed E-state index contributed by atoms with van der Waals surface area (Å²) in [6.07, 6.45) is 7.40. The van der Waals surface area contributed by atoms with E-state index in [1.807, 2.05) is 0 Å². The van der Waals surface area contributed by atoms with Crippen molar-refractivity contribution in [2.45, 2.75) is 45.4 Å². The predicted octanol–water partition coefficient (Wildman–Crippen LogP) is 3.02. The molecule has 1 N–H and O–H groups in total. The first-order valence-electron chi connectivity index (χ1n) is 5.02. The first-order valence-corrected chi connectivity index (χ1v) is 5.02. The van der Waals surface area contributed by atoms with Gasteiger partial charge in [-0.1, -0.05) is 13.8 Å². The van der Waals surface area contributed by atoms with Crippen LogP contribution in [-0.2, 0) is 12.8 Å². The summed E-state index contributed by atoms with van der Waals surface area (Å²) >= 11 is 0. The zero-order valence-electron chi connectivity index (χ0n) is 7.98. The van der Waals surface area contributed by atoms with Crippen LogP contribution in [0.3, 0.4) is 0 Å². The number of aromatic nitrogens is 1. The lowest BCUT2D eigenvalue weighted by atomic mass is 9.97. The number of H-pyrrole nitrogens is 1. The van der Waals surface area contributed by atoms with Crippen LogP contribution in [0.15, 0.2) is 6.20 Å². The van der Waals surface area contributed by atoms with Gasteiger partial charge in [-0.3, -0.25) is 0 Å². The Balaban J connectivity index is 2.33. The van der Waals surface area contributed by atoms with Crippen molar-refractivity contribution >= 4 is 0 Å². The molecule has 0 saturated heterocycles. The Morgan fingerprint density at radius 3 is 3.08 bits per heavy atom. The minimum atomic E-state index is 0.739. The monoisotopic (exact) mass is 163 g/mol. The van der Waals surface area contributed by atoms with E-state index in [1.165, 1.54) is 31.4 Å². The highest BCUT2D eigenvalue weighted by Gasteiger charge is 2.18. The first-order chi connectivity index (χ1) is 5.83. The molecule has 1 heterocycles. The largest absolute Gasteiger partial charge is 0.364 e. The Bertz CT molecular complexity index is 273. The molecular formula is C11H17N. The van der Waals surface area contributed by atoms with E-state index in [4.69, 9.17) is 0 Å². The van der Waals surface area contributed by atoms with Crippen LogP contribution in [0.5, 0.6) is 0 Å². The third-order valence-corrected chi connectivity index (χ3v) is 3.11. The van der Waals surface area contributed by atoms with Crippen molar-refractivity contribution in [3.8, 4) is 0 Å². The molecule has 1 heteroatoms. The Kier molecular flexibility index (Phi) is 1.95. The molecule has 1 unspecified atom stereocenters. The number of aryl methyl sites for hydroxylation is 1. The van der Waals surface area contributed by atoms with Crippen molar-refractivity contribution in [1.82, 2.24) is 4.98 Å². The zero-order valence-corrected chi connectivity index (χ0v) is 7.98. The van der Waals surface area contributed by atoms with Gasteiger partial charge in [-0.15, -0.1) is 0 Å². The van der Waals surface area contributed by atoms with Gasteiger partial charge in [0.05, 0.1) is 0 Å². The van der Waals surface area contributed by atoms with Gasteiger partial charge in [-0.05, 0) is 42.7 Å². The van der Waals surface area contributed by atoms with Gasteiger partial charge in [0, 0.05) is 11.9 Å². The van der Waals surface area contributed by atoms with E-state index in [9.17, 15) is 0 Å². The summed E-state index contributed by atoms with van der Waals surface area (Å²) in [5, 5.41) is 0. The minimum absolute atomic E-state index is 0.739. The lowest BCUT2D eigenvalue weighted by Gasteiger charge is -2.07. The maximum Gasteiger partial charge on any atom is 0.0182 e. The highest BCUT2D eigenvalue weighted by Crippen LogP contribution is 2.30. The van der Waals surface area contributed by atoms with E-state index < -0.39 is 0 Å². The molecule has 12 heavy (non-hydrogen) atoms. The summed E-state index contributed by atoms with van der Waals surface area (Å²) in [7, 11) is 0. The summed E-state index contributed by atoms with van der Waals surface area (Å²) in [4.78, 5) is 3.40. The van der Waals surface area contributed by atoms with Crippen LogP contribution in [0.25, 0.3) is 0 Å². The summed E-state index contributed by atoms with van der Waals surface area (Å²) in [5.74, 6) is 0.739. The third kappa shape index (κ3) is 1.08. The van der Waals surface area contributed by atoms with Gasteiger partial charge in [0.15, 0.2) is 0 Å². The quantitative estimate of drug-likeness (QED) is 0.689. The molecule has 0 bridgehead atoms. The van der Waals surface area contributed by atoms with Crippen LogP contribution >= 0.6 is 0 Å². The number of fused-ring (bicyclic) bond motifs is 1. The number of aromatic amines is 1. The number of hydrogen-bond acceptors (Lipinski definition) is 0. The van der Waals surface area contributed by atoms with Crippen LogP contribution in [0.4, 0.5) is 0 Å². The van der Waals surface area contributed by atoms with Gasteiger partial charge in [0.25, 0.3) is 0 Å². The lowest BCUT2D eigenvalue weighted by molar-refractivity contribution is 0.723. The molecule has 0 aromatic carbocycles. The SMILES string of the molecule is CCC(C)c1c[nH]c2c1CCC2. The van der Waals surface area contributed by atoms with Crippen molar-refractivity contribution in [3.63, 3.8) is 0 Å². The van der Waals surface area contributed by atoms with Crippen LogP contribution in [0.1, 0.15) is 49.4 Å². The van der Waals surface area contributed by atoms with Crippen molar-refractivity contribution in [2.24, 2.45) is 0 Å². The number of rotatable bonds is 2. The van der Waals surface area contributed by atoms with E-state index in [0.29, 0.717) is 0 Å². The molecular weight excluding hydrogens is 146 g/mol. The standard InChI is InChI=1S/C11H17N/c1-3-8(2)10-7-12-11-6-4-5-9(10)11/h7-8,12H,3-6H2,1-2H3. The van der Waals surface area contributed by atoms with E-state index >= 15 is 0 Å². The summed E-state index contributed by atoms with van der Waals surface area (Å²) in [6.45, 7) is 4.58. The second kappa shape index (κ2) is 2.96. The topological polar surface area (TPSA) is 15.8 Å². The first kappa shape index (κ1) is 7.90. The Morgan fingerprint density at radius 1 is 1.50 bits per heavy atom. The molecule has 0 radical (unpaired) electrons. The maximum atomic E-state index is 3.40. The van der Waals surface area contributed by atoms with Gasteiger partial charge < -0.3 is 4.98 Å². The highest BCUT2D eigenvalue weighted by atomic mass is 14.7. The Labute approximate surface area is 74.2 Å². The molecule has 66 valence electrons. The van der Waals surface area contributed by atoms with E-state index in [0.717, 1.165) is 5.92 Å². The summed E-state index contributed by atoms with van der Waals surface area (Å²) in [6, 6.07) is 0. The maximum absolute atomic E-state index is 3.40. The molecule has 2 rings (SSSR count). The molecule has 1 aliphatic carbocycles. The van der Waals surface area contributed by atoms with Crippen molar-refractivity contribution in [1.29, 1.82) is 0 Å². The second-order valence-electron chi connectivity index (χ2n) is 3.86. The minimum Gasteiger partial charge on any atom is -0.364 e. The fourth-order valence-corrected chi connectivity index (χ4v) is 2.13. The average Bonchev–Trinajstić information content (AvgIpc) is 2.62. The third-order valence-electron chi connectivity index (χ3n) is 3.11. The molecule has 0 aliphatic heterocycles. The fraction of sp³-hybridized carbons (Fsp3) is 0.636. The van der Waals surface area contributed by atoms with Crippen LogP contribution in [0, 0.1) is 0 Å². The van der Waals surface area contributed by atoms with Crippen molar-refractivity contribution in [3.05, 3.63) is 23.0 Å². The number of nitrogens with one attached hydrogen (secondary N) is 1. The zero-order chi connectivity index (χ0) is 8.55. The van der Waals surface area contributed by atoms with Gasteiger partial charge in [-0.25, -0.2) is 0 Å². The normalized spacial score (nSPS) is 17.8.